The lowest BCUT2D eigenvalue weighted by Crippen LogP contribution is -2.13. The number of nitriles is 2. The van der Waals surface area contributed by atoms with Gasteiger partial charge in [0.25, 0.3) is 0 Å². The molecule has 1 aliphatic carbocycles. The number of nitrogens with zero attached hydrogens (tertiary/aromatic N) is 2. The summed E-state index contributed by atoms with van der Waals surface area (Å²) < 4.78 is 11.1. The highest BCUT2D eigenvalue weighted by atomic mass is 16.5. The van der Waals surface area contributed by atoms with Gasteiger partial charge in [-0.2, -0.15) is 10.5 Å². The summed E-state index contributed by atoms with van der Waals surface area (Å²) in [6.45, 7) is 4.76. The fourth-order valence-corrected chi connectivity index (χ4v) is 4.27. The largest absolute Gasteiger partial charge is 0.492 e. The quantitative estimate of drug-likeness (QED) is 0.271. The van der Waals surface area contributed by atoms with Crippen molar-refractivity contribution in [3.63, 3.8) is 0 Å². The third-order valence-corrected chi connectivity index (χ3v) is 6.35. The van der Waals surface area contributed by atoms with Gasteiger partial charge < -0.3 is 9.47 Å². The van der Waals surface area contributed by atoms with E-state index >= 15 is 0 Å². The second-order valence-corrected chi connectivity index (χ2v) is 8.37. The monoisotopic (exact) mass is 430 g/mol. The molecule has 32 heavy (non-hydrogen) atoms. The Labute approximate surface area is 190 Å². The third-order valence-electron chi connectivity index (χ3n) is 6.35. The first-order chi connectivity index (χ1) is 15.6. The maximum Gasteiger partial charge on any atom is 0.343 e. The summed E-state index contributed by atoms with van der Waals surface area (Å²) in [6.07, 6.45) is 7.97. The maximum atomic E-state index is 12.7. The Hall–Kier alpha value is -3.31. The van der Waals surface area contributed by atoms with Crippen LogP contribution in [0.4, 0.5) is 0 Å². The highest BCUT2D eigenvalue weighted by molar-refractivity contribution is 5.91. The molecule has 0 aliphatic heterocycles. The number of ether oxygens (including phenoxy) is 2. The van der Waals surface area contributed by atoms with E-state index in [2.05, 4.69) is 6.92 Å². The molecule has 0 radical (unpaired) electrons. The van der Waals surface area contributed by atoms with Crippen LogP contribution in [0.25, 0.3) is 0 Å². The lowest BCUT2D eigenvalue weighted by Gasteiger charge is -2.28. The molecule has 5 nitrogen and oxygen atoms in total. The minimum atomic E-state index is -0.550. The molecule has 2 aromatic rings. The van der Waals surface area contributed by atoms with Crippen molar-refractivity contribution in [2.75, 3.05) is 6.61 Å². The molecule has 0 unspecified atom stereocenters. The Kier molecular flexibility index (Phi) is 8.28. The van der Waals surface area contributed by atoms with Crippen LogP contribution in [-0.4, -0.2) is 12.6 Å². The average molecular weight is 431 g/mol. The van der Waals surface area contributed by atoms with Gasteiger partial charge in [-0.15, -0.1) is 0 Å². The Morgan fingerprint density at radius 1 is 0.938 bits per heavy atom. The van der Waals surface area contributed by atoms with Crippen molar-refractivity contribution in [1.29, 1.82) is 10.5 Å². The van der Waals surface area contributed by atoms with E-state index in [-0.39, 0.29) is 16.9 Å². The second-order valence-electron chi connectivity index (χ2n) is 8.37. The van der Waals surface area contributed by atoms with Crippen molar-refractivity contribution in [1.82, 2.24) is 0 Å². The minimum Gasteiger partial charge on any atom is -0.492 e. The lowest BCUT2D eigenvalue weighted by molar-refractivity contribution is 0.0734. The Morgan fingerprint density at radius 3 is 2.16 bits per heavy atom. The molecule has 3 rings (SSSR count). The van der Waals surface area contributed by atoms with E-state index in [1.54, 1.807) is 18.2 Å². The van der Waals surface area contributed by atoms with Gasteiger partial charge in [-0.25, -0.2) is 4.79 Å². The Morgan fingerprint density at radius 2 is 1.56 bits per heavy atom. The zero-order valence-electron chi connectivity index (χ0n) is 18.9. The molecule has 5 heteroatoms. The van der Waals surface area contributed by atoms with Crippen LogP contribution in [0.2, 0.25) is 0 Å². The van der Waals surface area contributed by atoms with Gasteiger partial charge in [-0.1, -0.05) is 38.8 Å². The molecule has 1 aliphatic rings. The smallest absolute Gasteiger partial charge is 0.343 e. The van der Waals surface area contributed by atoms with Gasteiger partial charge in [0.2, 0.25) is 0 Å². The average Bonchev–Trinajstić information content (AvgIpc) is 2.84. The van der Waals surface area contributed by atoms with Crippen LogP contribution >= 0.6 is 0 Å². The summed E-state index contributed by atoms with van der Waals surface area (Å²) >= 11 is 0. The first-order valence-corrected chi connectivity index (χ1v) is 11.5. The number of hydrogen-bond acceptors (Lipinski definition) is 5. The molecule has 0 amide bonds. The lowest BCUT2D eigenvalue weighted by atomic mass is 9.78. The molecule has 0 N–H and O–H groups in total. The van der Waals surface area contributed by atoms with Gasteiger partial charge >= 0.3 is 5.97 Å². The van der Waals surface area contributed by atoms with Crippen molar-refractivity contribution >= 4 is 5.97 Å². The van der Waals surface area contributed by atoms with Crippen molar-refractivity contribution in [2.45, 2.75) is 64.7 Å². The van der Waals surface area contributed by atoms with E-state index in [9.17, 15) is 15.3 Å². The molecule has 2 aromatic carbocycles. The number of hydrogen-bond donors (Lipinski definition) is 0. The van der Waals surface area contributed by atoms with E-state index in [1.807, 2.05) is 31.2 Å². The first kappa shape index (κ1) is 23.4. The van der Waals surface area contributed by atoms with Gasteiger partial charge in [0.05, 0.1) is 12.2 Å². The van der Waals surface area contributed by atoms with Crippen LogP contribution in [-0.2, 0) is 0 Å². The van der Waals surface area contributed by atoms with Crippen molar-refractivity contribution in [3.05, 3.63) is 58.7 Å². The summed E-state index contributed by atoms with van der Waals surface area (Å²) in [5.41, 5.74) is 1.78. The molecule has 1 saturated carbocycles. The maximum absolute atomic E-state index is 12.7. The standard InChI is InChI=1S/C27H30N2O3/c1-3-5-16-31-25-14-15-26(24(18-29)23(25)17-28)32-27(30)22-12-10-21(11-13-22)20-8-6-19(4-2)7-9-20/h10-15,19-20H,3-9,16H2,1-2H3. The molecule has 0 aromatic heterocycles. The molecule has 0 heterocycles. The minimum absolute atomic E-state index is 0.0131. The molecule has 0 atom stereocenters. The van der Waals surface area contributed by atoms with Crippen molar-refractivity contribution in [2.24, 2.45) is 5.92 Å². The number of carbonyl (C=O) groups excluding carboxylic acids is 1. The molecular formula is C27H30N2O3. The molecule has 1 fully saturated rings. The van der Waals surface area contributed by atoms with Crippen LogP contribution in [0, 0.1) is 28.6 Å². The van der Waals surface area contributed by atoms with Crippen LogP contribution in [0.1, 0.15) is 91.8 Å². The Bertz CT molecular complexity index is 1010. The van der Waals surface area contributed by atoms with Crippen LogP contribution < -0.4 is 9.47 Å². The van der Waals surface area contributed by atoms with E-state index in [4.69, 9.17) is 9.47 Å². The second kappa shape index (κ2) is 11.3. The highest BCUT2D eigenvalue weighted by Crippen LogP contribution is 2.37. The van der Waals surface area contributed by atoms with Crippen LogP contribution in [0.15, 0.2) is 36.4 Å². The van der Waals surface area contributed by atoms with Gasteiger partial charge in [0, 0.05) is 0 Å². The molecule has 0 spiro atoms. The molecule has 0 bridgehead atoms. The zero-order valence-corrected chi connectivity index (χ0v) is 18.9. The number of unbranched alkanes of at least 4 members (excludes halogenated alkanes) is 1. The third kappa shape index (κ3) is 5.48. The summed E-state index contributed by atoms with van der Waals surface area (Å²) in [7, 11) is 0. The number of esters is 1. The molecule has 0 saturated heterocycles. The SMILES string of the molecule is CCCCOc1ccc(OC(=O)c2ccc(C3CCC(CC)CC3)cc2)c(C#N)c1C#N. The predicted octanol–water partition coefficient (Wildman–Crippen LogP) is 6.51. The summed E-state index contributed by atoms with van der Waals surface area (Å²) in [4.78, 5) is 12.7. The highest BCUT2D eigenvalue weighted by Gasteiger charge is 2.22. The van der Waals surface area contributed by atoms with Crippen molar-refractivity contribution in [3.8, 4) is 23.6 Å². The topological polar surface area (TPSA) is 83.1 Å². The van der Waals surface area contributed by atoms with E-state index in [1.165, 1.54) is 43.7 Å². The van der Waals surface area contributed by atoms with Crippen molar-refractivity contribution < 1.29 is 14.3 Å². The summed E-state index contributed by atoms with van der Waals surface area (Å²) in [5, 5.41) is 19.1. The fraction of sp³-hybridized carbons (Fsp3) is 0.444. The fourth-order valence-electron chi connectivity index (χ4n) is 4.27. The predicted molar refractivity (Wildman–Crippen MR) is 123 cm³/mol. The Balaban J connectivity index is 1.71. The summed E-state index contributed by atoms with van der Waals surface area (Å²) in [5.74, 6) is 1.24. The van der Waals surface area contributed by atoms with E-state index in [0.717, 1.165) is 18.8 Å². The summed E-state index contributed by atoms with van der Waals surface area (Å²) in [6, 6.07) is 14.7. The van der Waals surface area contributed by atoms with Crippen LogP contribution in [0.3, 0.4) is 0 Å². The molecular weight excluding hydrogens is 400 g/mol. The number of rotatable bonds is 8. The first-order valence-electron chi connectivity index (χ1n) is 11.5. The molecule has 166 valence electrons. The van der Waals surface area contributed by atoms with Crippen LogP contribution in [0.5, 0.6) is 11.5 Å². The number of carbonyl (C=O) groups is 1. The van der Waals surface area contributed by atoms with E-state index in [0.29, 0.717) is 23.8 Å². The van der Waals surface area contributed by atoms with Gasteiger partial charge in [-0.3, -0.25) is 0 Å². The van der Waals surface area contributed by atoms with Gasteiger partial charge in [0.1, 0.15) is 29.0 Å². The number of benzene rings is 2. The van der Waals surface area contributed by atoms with Gasteiger partial charge in [0.15, 0.2) is 5.75 Å². The zero-order chi connectivity index (χ0) is 22.9. The normalized spacial score (nSPS) is 17.8. The van der Waals surface area contributed by atoms with Gasteiger partial charge in [-0.05, 0) is 73.8 Å². The van der Waals surface area contributed by atoms with E-state index < -0.39 is 5.97 Å².